The first-order valence-corrected chi connectivity index (χ1v) is 3.53. The van der Waals surface area contributed by atoms with Gasteiger partial charge in [0.25, 0.3) is 0 Å². The van der Waals surface area contributed by atoms with Crippen LogP contribution >= 0.6 is 0 Å². The second kappa shape index (κ2) is 4.18. The zero-order chi connectivity index (χ0) is 8.91. The molecular weight excluding hydrogens is 144 g/mol. The van der Waals surface area contributed by atoms with Crippen LogP contribution in [0.1, 0.15) is 26.7 Å². The molecule has 0 aromatic carbocycles. The van der Waals surface area contributed by atoms with E-state index in [9.17, 15) is 0 Å². The van der Waals surface area contributed by atoms with Gasteiger partial charge in [0.1, 0.15) is 5.84 Å². The molecular formula is C7H16N2O2. The minimum atomic E-state index is -0.199. The van der Waals surface area contributed by atoms with E-state index in [0.717, 1.165) is 6.42 Å². The summed E-state index contributed by atoms with van der Waals surface area (Å²) in [4.78, 5) is 0. The van der Waals surface area contributed by atoms with Crippen molar-refractivity contribution in [3.8, 4) is 0 Å². The third-order valence-corrected chi connectivity index (χ3v) is 1.66. The Morgan fingerprint density at radius 1 is 1.64 bits per heavy atom. The van der Waals surface area contributed by atoms with Crippen molar-refractivity contribution in [1.29, 1.82) is 0 Å². The zero-order valence-corrected chi connectivity index (χ0v) is 7.29. The number of nitrogens with two attached hydrogens (primary N) is 1. The highest BCUT2D eigenvalue weighted by atomic mass is 16.5. The molecule has 0 saturated carbocycles. The largest absolute Gasteiger partial charge is 0.409 e. The molecule has 4 heteroatoms. The SMILES string of the molecule is COC(C)(C)CCC(N)=NO. The number of nitrogens with zero attached hydrogens (tertiary/aromatic N) is 1. The molecule has 11 heavy (non-hydrogen) atoms. The standard InChI is InChI=1S/C7H16N2O2/c1-7(2,11-3)5-4-6(8)9-10/h10H,4-5H2,1-3H3,(H2,8,9). The third kappa shape index (κ3) is 4.61. The van der Waals surface area contributed by atoms with Crippen LogP contribution in [-0.4, -0.2) is 23.8 Å². The Morgan fingerprint density at radius 3 is 2.55 bits per heavy atom. The fraction of sp³-hybridized carbons (Fsp3) is 0.857. The van der Waals surface area contributed by atoms with Crippen LogP contribution in [0.25, 0.3) is 0 Å². The third-order valence-electron chi connectivity index (χ3n) is 1.66. The zero-order valence-electron chi connectivity index (χ0n) is 7.29. The van der Waals surface area contributed by atoms with Gasteiger partial charge in [0.15, 0.2) is 0 Å². The van der Waals surface area contributed by atoms with E-state index in [1.54, 1.807) is 7.11 Å². The van der Waals surface area contributed by atoms with Gasteiger partial charge in [-0.15, -0.1) is 0 Å². The Morgan fingerprint density at radius 2 is 2.18 bits per heavy atom. The molecule has 3 N–H and O–H groups in total. The highest BCUT2D eigenvalue weighted by molar-refractivity contribution is 5.79. The lowest BCUT2D eigenvalue weighted by atomic mass is 10.0. The number of oxime groups is 1. The second-order valence-electron chi connectivity index (χ2n) is 3.06. The summed E-state index contributed by atoms with van der Waals surface area (Å²) in [6, 6.07) is 0. The molecule has 0 unspecified atom stereocenters. The Hall–Kier alpha value is -0.770. The highest BCUT2D eigenvalue weighted by Crippen LogP contribution is 2.14. The van der Waals surface area contributed by atoms with Crippen LogP contribution in [0.2, 0.25) is 0 Å². The predicted molar refractivity (Wildman–Crippen MR) is 43.7 cm³/mol. The molecule has 0 atom stereocenters. The Kier molecular flexibility index (Phi) is 3.89. The summed E-state index contributed by atoms with van der Waals surface area (Å²) in [5.74, 6) is 0.245. The van der Waals surface area contributed by atoms with Gasteiger partial charge < -0.3 is 15.7 Å². The average Bonchev–Trinajstić information content (AvgIpc) is 2.00. The van der Waals surface area contributed by atoms with Crippen LogP contribution in [0.5, 0.6) is 0 Å². The Balaban J connectivity index is 3.70. The van der Waals surface area contributed by atoms with E-state index >= 15 is 0 Å². The molecule has 0 aliphatic carbocycles. The smallest absolute Gasteiger partial charge is 0.139 e. The van der Waals surface area contributed by atoms with Crippen LogP contribution in [0.3, 0.4) is 0 Å². The molecule has 0 aliphatic heterocycles. The molecule has 0 bridgehead atoms. The van der Waals surface area contributed by atoms with Gasteiger partial charge in [-0.3, -0.25) is 0 Å². The lowest BCUT2D eigenvalue weighted by Gasteiger charge is -2.21. The summed E-state index contributed by atoms with van der Waals surface area (Å²) in [6.45, 7) is 3.91. The number of hydrogen-bond acceptors (Lipinski definition) is 3. The highest BCUT2D eigenvalue weighted by Gasteiger charge is 2.16. The van der Waals surface area contributed by atoms with E-state index in [-0.39, 0.29) is 11.4 Å². The molecule has 66 valence electrons. The quantitative estimate of drug-likeness (QED) is 0.278. The summed E-state index contributed by atoms with van der Waals surface area (Å²) >= 11 is 0. The molecule has 0 fully saturated rings. The maximum absolute atomic E-state index is 8.23. The van der Waals surface area contributed by atoms with Gasteiger partial charge >= 0.3 is 0 Å². The normalized spacial score (nSPS) is 13.5. The van der Waals surface area contributed by atoms with Gasteiger partial charge in [-0.1, -0.05) is 5.16 Å². The molecule has 0 saturated heterocycles. The number of methoxy groups -OCH3 is 1. The van der Waals surface area contributed by atoms with Crippen LogP contribution < -0.4 is 5.73 Å². The van der Waals surface area contributed by atoms with Gasteiger partial charge in [-0.05, 0) is 20.3 Å². The first-order chi connectivity index (χ1) is 5.02. The molecule has 0 aromatic rings. The van der Waals surface area contributed by atoms with Crippen molar-refractivity contribution in [2.75, 3.05) is 7.11 Å². The fourth-order valence-corrected chi connectivity index (χ4v) is 0.581. The Bertz CT molecular complexity index is 143. The van der Waals surface area contributed by atoms with E-state index < -0.39 is 0 Å². The summed E-state index contributed by atoms with van der Waals surface area (Å²) in [7, 11) is 1.65. The van der Waals surface area contributed by atoms with Crippen molar-refractivity contribution < 1.29 is 9.94 Å². The van der Waals surface area contributed by atoms with Crippen LogP contribution in [-0.2, 0) is 4.74 Å². The van der Waals surface area contributed by atoms with Crippen molar-refractivity contribution in [3.05, 3.63) is 0 Å². The summed E-state index contributed by atoms with van der Waals surface area (Å²) < 4.78 is 5.14. The molecule has 0 spiro atoms. The first-order valence-electron chi connectivity index (χ1n) is 3.53. The summed E-state index contributed by atoms with van der Waals surface area (Å²) in [5, 5.41) is 11.1. The number of rotatable bonds is 4. The van der Waals surface area contributed by atoms with Gasteiger partial charge in [0.05, 0.1) is 5.60 Å². The minimum absolute atomic E-state index is 0.199. The average molecular weight is 160 g/mol. The second-order valence-corrected chi connectivity index (χ2v) is 3.06. The van der Waals surface area contributed by atoms with Gasteiger partial charge in [-0.2, -0.15) is 0 Å². The molecule has 0 aromatic heterocycles. The van der Waals surface area contributed by atoms with E-state index in [1.165, 1.54) is 0 Å². The van der Waals surface area contributed by atoms with Crippen LogP contribution in [0.4, 0.5) is 0 Å². The van der Waals surface area contributed by atoms with E-state index in [2.05, 4.69) is 5.16 Å². The maximum Gasteiger partial charge on any atom is 0.139 e. The van der Waals surface area contributed by atoms with E-state index in [1.807, 2.05) is 13.8 Å². The van der Waals surface area contributed by atoms with Crippen molar-refractivity contribution in [1.82, 2.24) is 0 Å². The molecule has 0 radical (unpaired) electrons. The lowest BCUT2D eigenvalue weighted by molar-refractivity contribution is 0.0170. The monoisotopic (exact) mass is 160 g/mol. The van der Waals surface area contributed by atoms with Gasteiger partial charge in [0.2, 0.25) is 0 Å². The molecule has 0 amide bonds. The number of amidine groups is 1. The molecule has 0 aliphatic rings. The Labute approximate surface area is 67.0 Å². The molecule has 4 nitrogen and oxygen atoms in total. The van der Waals surface area contributed by atoms with Gasteiger partial charge in [-0.25, -0.2) is 0 Å². The molecule has 0 rings (SSSR count). The summed E-state index contributed by atoms with van der Waals surface area (Å²) in [5.41, 5.74) is 5.08. The predicted octanol–water partition coefficient (Wildman–Crippen LogP) is 0.938. The minimum Gasteiger partial charge on any atom is -0.409 e. The van der Waals surface area contributed by atoms with Crippen molar-refractivity contribution >= 4 is 5.84 Å². The fourth-order valence-electron chi connectivity index (χ4n) is 0.581. The lowest BCUT2D eigenvalue weighted by Crippen LogP contribution is -2.25. The maximum atomic E-state index is 8.23. The first kappa shape index (κ1) is 10.2. The van der Waals surface area contributed by atoms with E-state index in [0.29, 0.717) is 6.42 Å². The molecule has 0 heterocycles. The van der Waals surface area contributed by atoms with Crippen molar-refractivity contribution in [2.24, 2.45) is 10.9 Å². The van der Waals surface area contributed by atoms with Crippen molar-refractivity contribution in [2.45, 2.75) is 32.3 Å². The number of ether oxygens (including phenoxy) is 1. The summed E-state index contributed by atoms with van der Waals surface area (Å²) in [6.07, 6.45) is 1.30. The van der Waals surface area contributed by atoms with Gasteiger partial charge in [0, 0.05) is 13.5 Å². The van der Waals surface area contributed by atoms with Crippen LogP contribution in [0.15, 0.2) is 5.16 Å². The number of hydrogen-bond donors (Lipinski definition) is 2. The van der Waals surface area contributed by atoms with Crippen molar-refractivity contribution in [3.63, 3.8) is 0 Å². The topological polar surface area (TPSA) is 67.8 Å². The van der Waals surface area contributed by atoms with Crippen LogP contribution in [0, 0.1) is 0 Å². The van der Waals surface area contributed by atoms with E-state index in [4.69, 9.17) is 15.7 Å².